The Morgan fingerprint density at radius 3 is 2.44 bits per heavy atom. The van der Waals surface area contributed by atoms with Gasteiger partial charge in [-0.3, -0.25) is 4.79 Å². The van der Waals surface area contributed by atoms with Gasteiger partial charge in [-0.15, -0.1) is 0 Å². The number of carbonyl (C=O) groups excluding carboxylic acids is 1. The minimum absolute atomic E-state index is 0.236. The van der Waals surface area contributed by atoms with Crippen molar-refractivity contribution in [2.45, 2.75) is 45.8 Å². The fourth-order valence-corrected chi connectivity index (χ4v) is 3.01. The van der Waals surface area contributed by atoms with Crippen LogP contribution in [-0.2, 0) is 27.3 Å². The third kappa shape index (κ3) is 8.14. The van der Waals surface area contributed by atoms with Gasteiger partial charge in [0.1, 0.15) is 18.0 Å². The summed E-state index contributed by atoms with van der Waals surface area (Å²) in [5, 5.41) is 0. The normalized spacial score (nSPS) is 11.3. The second kappa shape index (κ2) is 10.5. The standard InChI is InChI=1S/C22H27BrO4/c1-22(2,3)27-20(24)13-15-25-14-12-18-10-7-11-19(21(18)23)26-16-17-8-5-4-6-9-17/h4-11H,12-16H2,1-3H3. The predicted octanol–water partition coefficient (Wildman–Crippen LogP) is 5.32. The molecule has 2 aromatic rings. The van der Waals surface area contributed by atoms with E-state index in [1.807, 2.05) is 69.3 Å². The van der Waals surface area contributed by atoms with Crippen molar-refractivity contribution in [3.63, 3.8) is 0 Å². The Labute approximate surface area is 170 Å². The molecule has 0 aliphatic rings. The number of ether oxygens (including phenoxy) is 3. The van der Waals surface area contributed by atoms with Crippen LogP contribution in [0.4, 0.5) is 0 Å². The maximum absolute atomic E-state index is 11.7. The smallest absolute Gasteiger partial charge is 0.308 e. The number of carbonyl (C=O) groups is 1. The zero-order chi connectivity index (χ0) is 19.7. The highest BCUT2D eigenvalue weighted by atomic mass is 79.9. The van der Waals surface area contributed by atoms with Crippen LogP contribution >= 0.6 is 15.9 Å². The first-order valence-electron chi connectivity index (χ1n) is 9.09. The fourth-order valence-electron chi connectivity index (χ4n) is 2.43. The molecular formula is C22H27BrO4. The van der Waals surface area contributed by atoms with Crippen LogP contribution in [0, 0.1) is 0 Å². The topological polar surface area (TPSA) is 44.8 Å². The van der Waals surface area contributed by atoms with E-state index in [0.29, 0.717) is 19.8 Å². The maximum atomic E-state index is 11.7. The van der Waals surface area contributed by atoms with Gasteiger partial charge < -0.3 is 14.2 Å². The van der Waals surface area contributed by atoms with Crippen LogP contribution in [0.5, 0.6) is 5.75 Å². The minimum atomic E-state index is -0.456. The summed E-state index contributed by atoms with van der Waals surface area (Å²) in [5.74, 6) is 0.574. The van der Waals surface area contributed by atoms with Crippen LogP contribution in [0.3, 0.4) is 0 Å². The Balaban J connectivity index is 1.76. The molecule has 0 bridgehead atoms. The van der Waals surface area contributed by atoms with Gasteiger partial charge in [0, 0.05) is 0 Å². The second-order valence-electron chi connectivity index (χ2n) is 7.20. The van der Waals surface area contributed by atoms with Crippen molar-refractivity contribution in [2.75, 3.05) is 13.2 Å². The Bertz CT molecular complexity index is 723. The zero-order valence-electron chi connectivity index (χ0n) is 16.2. The molecule has 0 aromatic heterocycles. The third-order valence-corrected chi connectivity index (χ3v) is 4.57. The first-order chi connectivity index (χ1) is 12.8. The molecule has 0 saturated carbocycles. The largest absolute Gasteiger partial charge is 0.488 e. The molecule has 0 aliphatic heterocycles. The zero-order valence-corrected chi connectivity index (χ0v) is 17.8. The van der Waals surface area contributed by atoms with Crippen LogP contribution < -0.4 is 4.74 Å². The van der Waals surface area contributed by atoms with Gasteiger partial charge in [0.15, 0.2) is 0 Å². The molecule has 5 heteroatoms. The highest BCUT2D eigenvalue weighted by molar-refractivity contribution is 9.10. The van der Waals surface area contributed by atoms with E-state index in [-0.39, 0.29) is 12.4 Å². The van der Waals surface area contributed by atoms with Gasteiger partial charge in [-0.2, -0.15) is 0 Å². The summed E-state index contributed by atoms with van der Waals surface area (Å²) in [4.78, 5) is 11.7. The van der Waals surface area contributed by atoms with E-state index >= 15 is 0 Å². The SMILES string of the molecule is CC(C)(C)OC(=O)CCOCCc1cccc(OCc2ccccc2)c1Br. The van der Waals surface area contributed by atoms with Gasteiger partial charge in [-0.1, -0.05) is 42.5 Å². The number of hydrogen-bond acceptors (Lipinski definition) is 4. The lowest BCUT2D eigenvalue weighted by Gasteiger charge is -2.19. The van der Waals surface area contributed by atoms with Gasteiger partial charge >= 0.3 is 5.97 Å². The average Bonchev–Trinajstić information content (AvgIpc) is 2.61. The van der Waals surface area contributed by atoms with E-state index < -0.39 is 5.60 Å². The number of halogens is 1. The van der Waals surface area contributed by atoms with Crippen molar-refractivity contribution in [3.05, 3.63) is 64.1 Å². The molecule has 0 N–H and O–H groups in total. The summed E-state index contributed by atoms with van der Waals surface area (Å²) >= 11 is 3.63. The Kier molecular flexibility index (Phi) is 8.32. The number of hydrogen-bond donors (Lipinski definition) is 0. The van der Waals surface area contributed by atoms with Crippen molar-refractivity contribution in [3.8, 4) is 5.75 Å². The highest BCUT2D eigenvalue weighted by Crippen LogP contribution is 2.29. The van der Waals surface area contributed by atoms with Gasteiger partial charge in [0.25, 0.3) is 0 Å². The molecular weight excluding hydrogens is 408 g/mol. The molecule has 27 heavy (non-hydrogen) atoms. The Morgan fingerprint density at radius 2 is 1.74 bits per heavy atom. The molecule has 0 heterocycles. The van der Waals surface area contributed by atoms with E-state index in [1.165, 1.54) is 0 Å². The van der Waals surface area contributed by atoms with Crippen LogP contribution in [0.15, 0.2) is 53.0 Å². The third-order valence-electron chi connectivity index (χ3n) is 3.67. The summed E-state index contributed by atoms with van der Waals surface area (Å²) in [6.45, 7) is 6.98. The van der Waals surface area contributed by atoms with E-state index in [0.717, 1.165) is 27.8 Å². The lowest BCUT2D eigenvalue weighted by Crippen LogP contribution is -2.24. The highest BCUT2D eigenvalue weighted by Gasteiger charge is 2.15. The van der Waals surface area contributed by atoms with E-state index in [9.17, 15) is 4.79 Å². The van der Waals surface area contributed by atoms with Gasteiger partial charge in [-0.25, -0.2) is 0 Å². The van der Waals surface area contributed by atoms with Crippen molar-refractivity contribution in [1.29, 1.82) is 0 Å². The number of rotatable bonds is 9. The van der Waals surface area contributed by atoms with Crippen LogP contribution in [-0.4, -0.2) is 24.8 Å². The summed E-state index contributed by atoms with van der Waals surface area (Å²) in [5.41, 5.74) is 1.78. The van der Waals surface area contributed by atoms with Gasteiger partial charge in [0.2, 0.25) is 0 Å². The van der Waals surface area contributed by atoms with Crippen molar-refractivity contribution < 1.29 is 19.0 Å². The molecule has 4 nitrogen and oxygen atoms in total. The summed E-state index contributed by atoms with van der Waals surface area (Å²) in [6.07, 6.45) is 0.996. The molecule has 0 amide bonds. The van der Waals surface area contributed by atoms with E-state index in [4.69, 9.17) is 14.2 Å². The molecule has 0 radical (unpaired) electrons. The quantitative estimate of drug-likeness (QED) is 0.395. The number of benzene rings is 2. The fraction of sp³-hybridized carbons (Fsp3) is 0.409. The molecule has 0 aliphatic carbocycles. The lowest BCUT2D eigenvalue weighted by atomic mass is 10.1. The first-order valence-corrected chi connectivity index (χ1v) is 9.88. The lowest BCUT2D eigenvalue weighted by molar-refractivity contribution is -0.156. The van der Waals surface area contributed by atoms with E-state index in [1.54, 1.807) is 0 Å². The summed E-state index contributed by atoms with van der Waals surface area (Å²) < 4.78 is 17.7. The van der Waals surface area contributed by atoms with Gasteiger partial charge in [0.05, 0.1) is 24.1 Å². The monoisotopic (exact) mass is 434 g/mol. The average molecular weight is 435 g/mol. The van der Waals surface area contributed by atoms with Crippen molar-refractivity contribution in [2.24, 2.45) is 0 Å². The Hall–Kier alpha value is -1.85. The molecule has 0 atom stereocenters. The van der Waals surface area contributed by atoms with Crippen LogP contribution in [0.2, 0.25) is 0 Å². The van der Waals surface area contributed by atoms with Crippen molar-refractivity contribution in [1.82, 2.24) is 0 Å². The molecule has 146 valence electrons. The Morgan fingerprint density at radius 1 is 1.00 bits per heavy atom. The second-order valence-corrected chi connectivity index (χ2v) is 8.00. The summed E-state index contributed by atoms with van der Waals surface area (Å²) in [7, 11) is 0. The molecule has 0 fully saturated rings. The van der Waals surface area contributed by atoms with Gasteiger partial charge in [-0.05, 0) is 60.3 Å². The van der Waals surface area contributed by atoms with Crippen molar-refractivity contribution >= 4 is 21.9 Å². The number of esters is 1. The molecule has 0 unspecified atom stereocenters. The minimum Gasteiger partial charge on any atom is -0.488 e. The summed E-state index contributed by atoms with van der Waals surface area (Å²) in [6, 6.07) is 16.0. The van der Waals surface area contributed by atoms with E-state index in [2.05, 4.69) is 15.9 Å². The molecule has 0 saturated heterocycles. The predicted molar refractivity (Wildman–Crippen MR) is 110 cm³/mol. The van der Waals surface area contributed by atoms with Crippen LogP contribution in [0.25, 0.3) is 0 Å². The van der Waals surface area contributed by atoms with Crippen LogP contribution in [0.1, 0.15) is 38.3 Å². The maximum Gasteiger partial charge on any atom is 0.308 e. The molecule has 0 spiro atoms. The molecule has 2 rings (SSSR count). The first kappa shape index (κ1) is 21.5. The molecule has 2 aromatic carbocycles.